The van der Waals surface area contributed by atoms with Gasteiger partial charge in [0, 0.05) is 17.7 Å². The van der Waals surface area contributed by atoms with Gasteiger partial charge < -0.3 is 10.1 Å². The van der Waals surface area contributed by atoms with Crippen LogP contribution in [0.4, 0.5) is 5.69 Å². The third kappa shape index (κ3) is 2.98. The molecule has 0 radical (unpaired) electrons. The predicted molar refractivity (Wildman–Crippen MR) is 101 cm³/mol. The van der Waals surface area contributed by atoms with Gasteiger partial charge in [0.15, 0.2) is 0 Å². The molecule has 0 spiro atoms. The topological polar surface area (TPSA) is 38.3 Å². The van der Waals surface area contributed by atoms with E-state index in [2.05, 4.69) is 41.7 Å². The van der Waals surface area contributed by atoms with E-state index in [4.69, 9.17) is 4.74 Å². The van der Waals surface area contributed by atoms with Gasteiger partial charge in [0.1, 0.15) is 5.75 Å². The SMILES string of the molecule is CC(C)Oc1cccc([C@H]2CC(=O)Nc3c2ccc2ccccc32)c1. The van der Waals surface area contributed by atoms with E-state index >= 15 is 0 Å². The van der Waals surface area contributed by atoms with Crippen LogP contribution in [0.5, 0.6) is 5.75 Å². The molecular weight excluding hydrogens is 310 g/mol. The second-order valence-electron chi connectivity index (χ2n) is 6.79. The van der Waals surface area contributed by atoms with Crippen LogP contribution in [-0.4, -0.2) is 12.0 Å². The van der Waals surface area contributed by atoms with Crippen LogP contribution in [0.15, 0.2) is 60.7 Å². The van der Waals surface area contributed by atoms with Crippen LogP contribution in [0.2, 0.25) is 0 Å². The van der Waals surface area contributed by atoms with Gasteiger partial charge in [-0.2, -0.15) is 0 Å². The molecule has 0 aromatic heterocycles. The molecule has 1 aliphatic rings. The van der Waals surface area contributed by atoms with Crippen molar-refractivity contribution in [2.75, 3.05) is 5.32 Å². The summed E-state index contributed by atoms with van der Waals surface area (Å²) in [5, 5.41) is 5.31. The van der Waals surface area contributed by atoms with Crippen molar-refractivity contribution in [3.05, 3.63) is 71.8 Å². The first-order chi connectivity index (χ1) is 12.1. The smallest absolute Gasteiger partial charge is 0.225 e. The summed E-state index contributed by atoms with van der Waals surface area (Å²) in [4.78, 5) is 12.4. The monoisotopic (exact) mass is 331 g/mol. The number of carbonyl (C=O) groups is 1. The molecule has 4 rings (SSSR count). The Morgan fingerprint density at radius 1 is 1.04 bits per heavy atom. The maximum absolute atomic E-state index is 12.4. The van der Waals surface area contributed by atoms with Crippen molar-refractivity contribution in [2.24, 2.45) is 0 Å². The fourth-order valence-corrected chi connectivity index (χ4v) is 3.58. The molecule has 0 saturated heterocycles. The fourth-order valence-electron chi connectivity index (χ4n) is 3.58. The lowest BCUT2D eigenvalue weighted by Crippen LogP contribution is -2.23. The van der Waals surface area contributed by atoms with E-state index < -0.39 is 0 Å². The second-order valence-corrected chi connectivity index (χ2v) is 6.79. The zero-order valence-electron chi connectivity index (χ0n) is 14.5. The number of carbonyl (C=O) groups excluding carboxylic acids is 1. The summed E-state index contributed by atoms with van der Waals surface area (Å²) < 4.78 is 5.83. The summed E-state index contributed by atoms with van der Waals surface area (Å²) in [5.74, 6) is 0.953. The molecule has 0 fully saturated rings. The van der Waals surface area contributed by atoms with E-state index in [-0.39, 0.29) is 17.9 Å². The molecule has 25 heavy (non-hydrogen) atoms. The Labute approximate surface area is 147 Å². The van der Waals surface area contributed by atoms with Gasteiger partial charge in [-0.1, -0.05) is 48.5 Å². The zero-order valence-corrected chi connectivity index (χ0v) is 14.5. The van der Waals surface area contributed by atoms with Crippen LogP contribution in [-0.2, 0) is 4.79 Å². The third-order valence-electron chi connectivity index (χ3n) is 4.62. The molecule has 1 atom stereocenters. The average molecular weight is 331 g/mol. The number of nitrogens with one attached hydrogen (secondary N) is 1. The average Bonchev–Trinajstić information content (AvgIpc) is 2.60. The summed E-state index contributed by atoms with van der Waals surface area (Å²) in [6.45, 7) is 4.03. The molecular formula is C22H21NO2. The molecule has 3 aromatic carbocycles. The van der Waals surface area contributed by atoms with Crippen LogP contribution in [0.3, 0.4) is 0 Å². The van der Waals surface area contributed by atoms with E-state index in [1.54, 1.807) is 0 Å². The van der Waals surface area contributed by atoms with Crippen molar-refractivity contribution < 1.29 is 9.53 Å². The van der Waals surface area contributed by atoms with Crippen molar-refractivity contribution in [2.45, 2.75) is 32.3 Å². The lowest BCUT2D eigenvalue weighted by Gasteiger charge is -2.27. The summed E-state index contributed by atoms with van der Waals surface area (Å²) in [5.41, 5.74) is 3.22. The van der Waals surface area contributed by atoms with Gasteiger partial charge in [0.25, 0.3) is 0 Å². The molecule has 126 valence electrons. The molecule has 0 bridgehead atoms. The van der Waals surface area contributed by atoms with Gasteiger partial charge in [-0.05, 0) is 42.5 Å². The predicted octanol–water partition coefficient (Wildman–Crippen LogP) is 5.10. The number of fused-ring (bicyclic) bond motifs is 3. The first-order valence-electron chi connectivity index (χ1n) is 8.70. The van der Waals surface area contributed by atoms with Gasteiger partial charge in [0.05, 0.1) is 11.8 Å². The summed E-state index contributed by atoms with van der Waals surface area (Å²) in [6.07, 6.45) is 0.581. The molecule has 0 aliphatic carbocycles. The highest BCUT2D eigenvalue weighted by Gasteiger charge is 2.28. The number of ether oxygens (including phenoxy) is 1. The number of anilines is 1. The number of hydrogen-bond donors (Lipinski definition) is 1. The minimum atomic E-state index is 0.0454. The maximum Gasteiger partial charge on any atom is 0.225 e. The Kier molecular flexibility index (Phi) is 3.92. The van der Waals surface area contributed by atoms with Crippen molar-refractivity contribution in [1.29, 1.82) is 0 Å². The Hall–Kier alpha value is -2.81. The third-order valence-corrected chi connectivity index (χ3v) is 4.62. The molecule has 1 amide bonds. The Morgan fingerprint density at radius 2 is 1.88 bits per heavy atom. The minimum Gasteiger partial charge on any atom is -0.491 e. The minimum absolute atomic E-state index is 0.0454. The first-order valence-corrected chi connectivity index (χ1v) is 8.70. The van der Waals surface area contributed by atoms with Crippen LogP contribution < -0.4 is 10.1 Å². The van der Waals surface area contributed by atoms with E-state index in [1.165, 1.54) is 5.56 Å². The van der Waals surface area contributed by atoms with E-state index in [1.807, 2.05) is 38.1 Å². The van der Waals surface area contributed by atoms with Crippen LogP contribution >= 0.6 is 0 Å². The summed E-state index contributed by atoms with van der Waals surface area (Å²) in [7, 11) is 0. The van der Waals surface area contributed by atoms with Gasteiger partial charge in [0.2, 0.25) is 5.91 Å². The fraction of sp³-hybridized carbons (Fsp3) is 0.227. The molecule has 1 N–H and O–H groups in total. The normalized spacial score (nSPS) is 16.6. The highest BCUT2D eigenvalue weighted by Crippen LogP contribution is 2.41. The molecule has 1 aliphatic heterocycles. The van der Waals surface area contributed by atoms with Crippen molar-refractivity contribution >= 4 is 22.4 Å². The Balaban J connectivity index is 1.83. The van der Waals surface area contributed by atoms with Gasteiger partial charge in [-0.3, -0.25) is 4.79 Å². The number of benzene rings is 3. The molecule has 3 aromatic rings. The number of rotatable bonds is 3. The number of amides is 1. The Morgan fingerprint density at radius 3 is 2.72 bits per heavy atom. The van der Waals surface area contributed by atoms with E-state index in [0.29, 0.717) is 6.42 Å². The largest absolute Gasteiger partial charge is 0.491 e. The zero-order chi connectivity index (χ0) is 17.4. The van der Waals surface area contributed by atoms with Crippen molar-refractivity contribution in [1.82, 2.24) is 0 Å². The van der Waals surface area contributed by atoms with Crippen molar-refractivity contribution in [3.8, 4) is 5.75 Å². The Bertz CT molecular complexity index is 946. The van der Waals surface area contributed by atoms with Gasteiger partial charge in [-0.25, -0.2) is 0 Å². The van der Waals surface area contributed by atoms with Crippen molar-refractivity contribution in [3.63, 3.8) is 0 Å². The maximum atomic E-state index is 12.4. The molecule has 1 heterocycles. The standard InChI is InChI=1S/C22H21NO2/c1-14(2)25-17-8-5-7-16(12-17)20-13-21(24)23-22-18-9-4-3-6-15(18)10-11-19(20)22/h3-12,14,20H,13H2,1-2H3,(H,23,24)/t20-/m1/s1. The lowest BCUT2D eigenvalue weighted by atomic mass is 9.83. The van der Waals surface area contributed by atoms with Gasteiger partial charge in [-0.15, -0.1) is 0 Å². The molecule has 3 heteroatoms. The lowest BCUT2D eigenvalue weighted by molar-refractivity contribution is -0.116. The van der Waals surface area contributed by atoms with E-state index in [9.17, 15) is 4.79 Å². The van der Waals surface area contributed by atoms with Crippen LogP contribution in [0.1, 0.15) is 37.3 Å². The summed E-state index contributed by atoms with van der Waals surface area (Å²) >= 11 is 0. The van der Waals surface area contributed by atoms with Crippen LogP contribution in [0.25, 0.3) is 10.8 Å². The quantitative estimate of drug-likeness (QED) is 0.725. The van der Waals surface area contributed by atoms with E-state index in [0.717, 1.165) is 27.8 Å². The second kappa shape index (κ2) is 6.25. The molecule has 0 saturated carbocycles. The molecule has 0 unspecified atom stereocenters. The highest BCUT2D eigenvalue weighted by molar-refractivity contribution is 6.06. The van der Waals surface area contributed by atoms with Crippen LogP contribution in [0, 0.1) is 0 Å². The summed E-state index contributed by atoms with van der Waals surface area (Å²) in [6, 6.07) is 20.5. The molecule has 3 nitrogen and oxygen atoms in total. The first kappa shape index (κ1) is 15.7. The highest BCUT2D eigenvalue weighted by atomic mass is 16.5. The number of hydrogen-bond acceptors (Lipinski definition) is 2. The van der Waals surface area contributed by atoms with Gasteiger partial charge >= 0.3 is 0 Å².